The van der Waals surface area contributed by atoms with E-state index in [1.54, 1.807) is 4.90 Å². The number of guanidine groups is 1. The first-order valence-corrected chi connectivity index (χ1v) is 10.8. The molecule has 166 valence electrons. The number of aromatic amines is 1. The number of carbonyl (C=O) groups excluding carboxylic acids is 1. The zero-order valence-corrected chi connectivity index (χ0v) is 21.0. The van der Waals surface area contributed by atoms with E-state index in [-0.39, 0.29) is 35.3 Å². The first-order chi connectivity index (χ1) is 13.9. The summed E-state index contributed by atoms with van der Waals surface area (Å²) >= 11 is 0. The maximum Gasteiger partial charge on any atom is 0.230 e. The monoisotopic (exact) mass is 525 g/mol. The summed E-state index contributed by atoms with van der Waals surface area (Å²) in [6.45, 7) is 6.31. The summed E-state index contributed by atoms with van der Waals surface area (Å²) in [6.07, 6.45) is 7.09. The van der Waals surface area contributed by atoms with Gasteiger partial charge in [-0.2, -0.15) is 0 Å². The molecule has 0 bridgehead atoms. The quantitative estimate of drug-likeness (QED) is 0.292. The van der Waals surface area contributed by atoms with Gasteiger partial charge in [0.1, 0.15) is 0 Å². The molecular formula is C23H36IN5O. The van der Waals surface area contributed by atoms with E-state index in [9.17, 15) is 4.79 Å². The number of aliphatic imine (C=N–C) groups is 1. The van der Waals surface area contributed by atoms with Crippen molar-refractivity contribution in [3.63, 3.8) is 0 Å². The highest BCUT2D eigenvalue weighted by atomic mass is 127. The average molecular weight is 525 g/mol. The van der Waals surface area contributed by atoms with Gasteiger partial charge in [-0.25, -0.2) is 0 Å². The van der Waals surface area contributed by atoms with Gasteiger partial charge in [-0.15, -0.1) is 24.0 Å². The Morgan fingerprint density at radius 3 is 2.63 bits per heavy atom. The number of aryl methyl sites for hydroxylation is 1. The molecule has 3 rings (SSSR count). The maximum absolute atomic E-state index is 12.8. The van der Waals surface area contributed by atoms with Gasteiger partial charge in [0.2, 0.25) is 5.91 Å². The number of benzene rings is 1. The van der Waals surface area contributed by atoms with Crippen LogP contribution in [0.15, 0.2) is 29.4 Å². The first kappa shape index (κ1) is 24.5. The number of nitrogens with zero attached hydrogens (tertiary/aromatic N) is 2. The molecular weight excluding hydrogens is 489 g/mol. The Morgan fingerprint density at radius 1 is 1.23 bits per heavy atom. The minimum Gasteiger partial charge on any atom is -0.361 e. The summed E-state index contributed by atoms with van der Waals surface area (Å²) in [5, 5.41) is 8.05. The normalized spacial score (nSPS) is 15.7. The number of fused-ring (bicyclic) bond motifs is 1. The molecule has 1 fully saturated rings. The van der Waals surface area contributed by atoms with Gasteiger partial charge in [-0.3, -0.25) is 9.79 Å². The maximum atomic E-state index is 12.8. The van der Waals surface area contributed by atoms with Crippen molar-refractivity contribution in [1.29, 1.82) is 0 Å². The van der Waals surface area contributed by atoms with Gasteiger partial charge in [0.15, 0.2) is 5.96 Å². The van der Waals surface area contributed by atoms with Crippen LogP contribution in [-0.4, -0.2) is 55.5 Å². The zero-order valence-electron chi connectivity index (χ0n) is 18.7. The van der Waals surface area contributed by atoms with Crippen LogP contribution in [0, 0.1) is 12.3 Å². The molecule has 0 radical (unpaired) electrons. The molecule has 1 heterocycles. The van der Waals surface area contributed by atoms with Crippen molar-refractivity contribution in [2.24, 2.45) is 10.4 Å². The van der Waals surface area contributed by atoms with Crippen molar-refractivity contribution in [3.05, 3.63) is 35.5 Å². The van der Waals surface area contributed by atoms with Crippen molar-refractivity contribution >= 4 is 46.7 Å². The molecule has 1 aromatic heterocycles. The molecule has 6 nitrogen and oxygen atoms in total. The lowest BCUT2D eigenvalue weighted by molar-refractivity contribution is -0.138. The van der Waals surface area contributed by atoms with E-state index in [1.807, 2.05) is 14.1 Å². The summed E-state index contributed by atoms with van der Waals surface area (Å²) < 4.78 is 0. The number of hydrogen-bond donors (Lipinski definition) is 3. The zero-order chi connectivity index (χ0) is 20.9. The smallest absolute Gasteiger partial charge is 0.230 e. The van der Waals surface area contributed by atoms with Crippen molar-refractivity contribution in [3.8, 4) is 0 Å². The first-order valence-electron chi connectivity index (χ1n) is 10.8. The predicted molar refractivity (Wildman–Crippen MR) is 136 cm³/mol. The molecule has 30 heavy (non-hydrogen) atoms. The molecule has 0 saturated heterocycles. The van der Waals surface area contributed by atoms with Gasteiger partial charge in [0.05, 0.1) is 12.0 Å². The van der Waals surface area contributed by atoms with Gasteiger partial charge in [0, 0.05) is 44.3 Å². The Bertz CT molecular complexity index is 868. The fourth-order valence-electron chi connectivity index (χ4n) is 4.36. The van der Waals surface area contributed by atoms with Gasteiger partial charge in [-0.1, -0.05) is 25.0 Å². The standard InChI is InChI=1S/C23H35N5O.HI/c1-5-24-22(27-16-23(11-6-7-12-23)21(29)28(3)4)25-13-10-18-15-26-20-14-17(2)8-9-19(18)20;/h8-9,14-15,26H,5-7,10-13,16H2,1-4H3,(H2,24,25,27);1H. The second kappa shape index (κ2) is 11.0. The van der Waals surface area contributed by atoms with Crippen molar-refractivity contribution in [2.75, 3.05) is 33.7 Å². The van der Waals surface area contributed by atoms with Gasteiger partial charge >= 0.3 is 0 Å². The Kier molecular flexibility index (Phi) is 9.00. The number of amides is 1. The van der Waals surface area contributed by atoms with E-state index in [2.05, 4.69) is 53.9 Å². The van der Waals surface area contributed by atoms with Crippen LogP contribution in [0.1, 0.15) is 43.7 Å². The van der Waals surface area contributed by atoms with Crippen LogP contribution < -0.4 is 10.6 Å². The number of carbonyl (C=O) groups is 1. The molecule has 2 aromatic rings. The second-order valence-electron chi connectivity index (χ2n) is 8.42. The summed E-state index contributed by atoms with van der Waals surface area (Å²) in [5.41, 5.74) is 3.42. The largest absolute Gasteiger partial charge is 0.361 e. The molecule has 1 aliphatic rings. The van der Waals surface area contributed by atoms with Crippen molar-refractivity contribution < 1.29 is 4.79 Å². The average Bonchev–Trinajstić information content (AvgIpc) is 3.33. The number of rotatable bonds is 7. The summed E-state index contributed by atoms with van der Waals surface area (Å²) in [5.74, 6) is 1.00. The lowest BCUT2D eigenvalue weighted by Gasteiger charge is -2.29. The molecule has 0 atom stereocenters. The Labute approximate surface area is 197 Å². The lowest BCUT2D eigenvalue weighted by atomic mass is 9.85. The van der Waals surface area contributed by atoms with E-state index in [1.165, 1.54) is 22.0 Å². The second-order valence-corrected chi connectivity index (χ2v) is 8.42. The van der Waals surface area contributed by atoms with E-state index < -0.39 is 0 Å². The van der Waals surface area contributed by atoms with Gasteiger partial charge < -0.3 is 20.5 Å². The van der Waals surface area contributed by atoms with E-state index >= 15 is 0 Å². The van der Waals surface area contributed by atoms with Crippen LogP contribution in [0.2, 0.25) is 0 Å². The van der Waals surface area contributed by atoms with E-state index in [4.69, 9.17) is 4.99 Å². The van der Waals surface area contributed by atoms with Crippen LogP contribution in [0.3, 0.4) is 0 Å². The third-order valence-corrected chi connectivity index (χ3v) is 5.91. The molecule has 1 aliphatic carbocycles. The molecule has 1 saturated carbocycles. The van der Waals surface area contributed by atoms with Crippen molar-refractivity contribution in [1.82, 2.24) is 20.5 Å². The van der Waals surface area contributed by atoms with Crippen LogP contribution in [0.4, 0.5) is 0 Å². The van der Waals surface area contributed by atoms with Crippen LogP contribution in [-0.2, 0) is 11.2 Å². The number of nitrogens with one attached hydrogen (secondary N) is 3. The van der Waals surface area contributed by atoms with Crippen LogP contribution >= 0.6 is 24.0 Å². The fourth-order valence-corrected chi connectivity index (χ4v) is 4.36. The van der Waals surface area contributed by atoms with Crippen molar-refractivity contribution in [2.45, 2.75) is 46.0 Å². The highest BCUT2D eigenvalue weighted by Gasteiger charge is 2.42. The molecule has 7 heteroatoms. The third-order valence-electron chi connectivity index (χ3n) is 5.91. The third kappa shape index (κ3) is 5.68. The van der Waals surface area contributed by atoms with Crippen LogP contribution in [0.5, 0.6) is 0 Å². The molecule has 0 aliphatic heterocycles. The van der Waals surface area contributed by atoms with E-state index in [0.717, 1.165) is 51.2 Å². The molecule has 1 aromatic carbocycles. The molecule has 3 N–H and O–H groups in total. The minimum atomic E-state index is -0.333. The Hall–Kier alpha value is -1.77. The summed E-state index contributed by atoms with van der Waals surface area (Å²) in [6, 6.07) is 6.52. The molecule has 0 spiro atoms. The van der Waals surface area contributed by atoms with Gasteiger partial charge in [-0.05, 0) is 50.3 Å². The number of aromatic nitrogens is 1. The summed E-state index contributed by atoms with van der Waals surface area (Å²) in [7, 11) is 3.69. The number of halogens is 1. The Balaban J connectivity index is 0.00000320. The predicted octanol–water partition coefficient (Wildman–Crippen LogP) is 3.84. The van der Waals surface area contributed by atoms with E-state index in [0.29, 0.717) is 6.54 Å². The summed E-state index contributed by atoms with van der Waals surface area (Å²) in [4.78, 5) is 22.7. The fraction of sp³-hybridized carbons (Fsp3) is 0.565. The van der Waals surface area contributed by atoms with Crippen LogP contribution in [0.25, 0.3) is 10.9 Å². The minimum absolute atomic E-state index is 0. The molecule has 1 amide bonds. The van der Waals surface area contributed by atoms with Gasteiger partial charge in [0.25, 0.3) is 0 Å². The SMILES string of the molecule is CCNC(=NCC1(C(=O)N(C)C)CCCC1)NCCc1c[nH]c2cc(C)ccc12.I. The number of hydrogen-bond acceptors (Lipinski definition) is 2. The lowest BCUT2D eigenvalue weighted by Crippen LogP contribution is -2.43. The highest BCUT2D eigenvalue weighted by molar-refractivity contribution is 14.0. The highest BCUT2D eigenvalue weighted by Crippen LogP contribution is 2.39. The molecule has 0 unspecified atom stereocenters. The number of H-pyrrole nitrogens is 1. The Morgan fingerprint density at radius 2 is 1.97 bits per heavy atom. The topological polar surface area (TPSA) is 72.5 Å².